The van der Waals surface area contributed by atoms with E-state index in [1.54, 1.807) is 0 Å². The van der Waals surface area contributed by atoms with Gasteiger partial charge in [0.05, 0.1) is 0 Å². The van der Waals surface area contributed by atoms with Gasteiger partial charge in [0.15, 0.2) is 5.54 Å². The number of urea groups is 1. The minimum atomic E-state index is -1.44. The second kappa shape index (κ2) is 5.41. The molecule has 1 fully saturated rings. The Bertz CT molecular complexity index is 748. The van der Waals surface area contributed by atoms with E-state index in [1.165, 1.54) is 48.5 Å². The van der Waals surface area contributed by atoms with Crippen molar-refractivity contribution in [2.75, 3.05) is 0 Å². The van der Waals surface area contributed by atoms with Crippen LogP contribution in [0.1, 0.15) is 11.1 Å². The molecule has 1 saturated heterocycles. The van der Waals surface area contributed by atoms with Crippen LogP contribution in [-0.2, 0) is 10.3 Å². The van der Waals surface area contributed by atoms with Gasteiger partial charge in [-0.15, -0.1) is 9.81 Å². The number of hydrogen-bond acceptors (Lipinski definition) is 6. The summed E-state index contributed by atoms with van der Waals surface area (Å²) in [5.74, 6) is -0.555. The molecule has 0 saturated carbocycles. The van der Waals surface area contributed by atoms with Gasteiger partial charge in [-0.05, 0) is 45.7 Å². The highest BCUT2D eigenvalue weighted by Gasteiger charge is 2.49. The minimum absolute atomic E-state index is 0.203. The summed E-state index contributed by atoms with van der Waals surface area (Å²) in [5.41, 5.74) is -0.122. The van der Waals surface area contributed by atoms with Crippen molar-refractivity contribution in [3.63, 3.8) is 0 Å². The van der Waals surface area contributed by atoms with E-state index in [4.69, 9.17) is 0 Å². The molecule has 1 heterocycles. The van der Waals surface area contributed by atoms with Crippen molar-refractivity contribution in [3.8, 4) is 0 Å². The average molecular weight is 310 g/mol. The molecule has 0 radical (unpaired) electrons. The maximum absolute atomic E-state index is 12.5. The number of amides is 3. The Morgan fingerprint density at radius 3 is 1.48 bits per heavy atom. The van der Waals surface area contributed by atoms with Crippen molar-refractivity contribution in [1.29, 1.82) is 0 Å². The van der Waals surface area contributed by atoms with Crippen molar-refractivity contribution in [2.24, 2.45) is 10.4 Å². The first-order valence-corrected chi connectivity index (χ1v) is 6.61. The number of carbonyl (C=O) groups is 2. The standard InChI is InChI=1S/C15H10N4O4/c20-13-15(17-14(21)16-13,9-1-5-11(18-22)6-2-9)10-3-7-12(19-23)8-4-10/h1-8H,(H2,16,17,20,21). The number of benzene rings is 2. The number of imide groups is 1. The van der Waals surface area contributed by atoms with Gasteiger partial charge in [-0.2, -0.15) is 0 Å². The van der Waals surface area contributed by atoms with Gasteiger partial charge in [-0.25, -0.2) is 4.79 Å². The van der Waals surface area contributed by atoms with Gasteiger partial charge in [0.25, 0.3) is 5.91 Å². The van der Waals surface area contributed by atoms with E-state index in [0.29, 0.717) is 11.1 Å². The highest BCUT2D eigenvalue weighted by molar-refractivity contribution is 6.09. The molecule has 0 spiro atoms. The lowest BCUT2D eigenvalue weighted by Crippen LogP contribution is -2.44. The number of hydrogen-bond donors (Lipinski definition) is 2. The van der Waals surface area contributed by atoms with Gasteiger partial charge in [0, 0.05) is 0 Å². The first-order chi connectivity index (χ1) is 11.1. The third kappa shape index (κ3) is 2.26. The van der Waals surface area contributed by atoms with Crippen molar-refractivity contribution in [1.82, 2.24) is 10.6 Å². The minimum Gasteiger partial charge on any atom is -0.316 e. The summed E-state index contributed by atoms with van der Waals surface area (Å²) in [7, 11) is 0. The molecule has 8 nitrogen and oxygen atoms in total. The normalized spacial score (nSPS) is 15.7. The maximum Gasteiger partial charge on any atom is 0.322 e. The van der Waals surface area contributed by atoms with E-state index in [0.717, 1.165) is 0 Å². The summed E-state index contributed by atoms with van der Waals surface area (Å²) >= 11 is 0. The van der Waals surface area contributed by atoms with Crippen LogP contribution in [0.5, 0.6) is 0 Å². The van der Waals surface area contributed by atoms with Crippen LogP contribution >= 0.6 is 0 Å². The Balaban J connectivity index is 2.17. The topological polar surface area (TPSA) is 117 Å². The highest BCUT2D eigenvalue weighted by Crippen LogP contribution is 2.34. The van der Waals surface area contributed by atoms with Crippen LogP contribution in [0.15, 0.2) is 58.9 Å². The van der Waals surface area contributed by atoms with E-state index in [-0.39, 0.29) is 11.4 Å². The lowest BCUT2D eigenvalue weighted by molar-refractivity contribution is -0.122. The molecule has 2 aromatic carbocycles. The lowest BCUT2D eigenvalue weighted by Gasteiger charge is -2.27. The fourth-order valence-electron chi connectivity index (χ4n) is 2.57. The summed E-state index contributed by atoms with van der Waals surface area (Å²) < 4.78 is 0. The smallest absolute Gasteiger partial charge is 0.316 e. The quantitative estimate of drug-likeness (QED) is 0.666. The Hall–Kier alpha value is -3.42. The summed E-state index contributed by atoms with van der Waals surface area (Å²) in [5, 5.41) is 10.4. The third-order valence-electron chi connectivity index (χ3n) is 3.68. The lowest BCUT2D eigenvalue weighted by atomic mass is 9.82. The van der Waals surface area contributed by atoms with Gasteiger partial charge < -0.3 is 5.32 Å². The van der Waals surface area contributed by atoms with Crippen molar-refractivity contribution < 1.29 is 9.59 Å². The molecule has 114 valence electrons. The van der Waals surface area contributed by atoms with E-state index < -0.39 is 17.5 Å². The molecule has 2 aromatic rings. The Kier molecular flexibility index (Phi) is 3.41. The first-order valence-electron chi connectivity index (χ1n) is 6.61. The summed E-state index contributed by atoms with van der Waals surface area (Å²) in [4.78, 5) is 45.2. The number of nitroso groups, excluding NO2 is 2. The molecule has 1 aliphatic rings. The molecule has 2 N–H and O–H groups in total. The van der Waals surface area contributed by atoms with Gasteiger partial charge in [-0.3, -0.25) is 10.1 Å². The Morgan fingerprint density at radius 2 is 1.17 bits per heavy atom. The van der Waals surface area contributed by atoms with Crippen LogP contribution in [-0.4, -0.2) is 11.9 Å². The zero-order valence-electron chi connectivity index (χ0n) is 11.6. The molecule has 0 atom stereocenters. The maximum atomic E-state index is 12.5. The molecular formula is C15H10N4O4. The fourth-order valence-corrected chi connectivity index (χ4v) is 2.57. The zero-order chi connectivity index (χ0) is 16.4. The van der Waals surface area contributed by atoms with E-state index in [1.807, 2.05) is 0 Å². The van der Waals surface area contributed by atoms with E-state index in [2.05, 4.69) is 21.0 Å². The number of rotatable bonds is 4. The fraction of sp³-hybridized carbons (Fsp3) is 0.0667. The van der Waals surface area contributed by atoms with Crippen molar-refractivity contribution in [3.05, 3.63) is 69.5 Å². The zero-order valence-corrected chi connectivity index (χ0v) is 11.6. The second-order valence-electron chi connectivity index (χ2n) is 4.93. The van der Waals surface area contributed by atoms with Crippen molar-refractivity contribution >= 4 is 23.3 Å². The molecule has 0 bridgehead atoms. The van der Waals surface area contributed by atoms with Crippen LogP contribution < -0.4 is 10.6 Å². The van der Waals surface area contributed by atoms with E-state index in [9.17, 15) is 19.4 Å². The second-order valence-corrected chi connectivity index (χ2v) is 4.93. The van der Waals surface area contributed by atoms with Crippen LogP contribution in [0.3, 0.4) is 0 Å². The molecule has 0 aliphatic carbocycles. The Labute approximate surface area is 129 Å². The van der Waals surface area contributed by atoms with Crippen LogP contribution in [0, 0.1) is 9.81 Å². The molecule has 0 unspecified atom stereocenters. The molecular weight excluding hydrogens is 300 g/mol. The summed E-state index contributed by atoms with van der Waals surface area (Å²) in [6.45, 7) is 0. The van der Waals surface area contributed by atoms with Crippen LogP contribution in [0.25, 0.3) is 0 Å². The predicted octanol–water partition coefficient (Wildman–Crippen LogP) is 2.57. The van der Waals surface area contributed by atoms with Gasteiger partial charge >= 0.3 is 6.03 Å². The van der Waals surface area contributed by atoms with Crippen LogP contribution in [0.4, 0.5) is 16.2 Å². The van der Waals surface area contributed by atoms with Crippen molar-refractivity contribution in [2.45, 2.75) is 5.54 Å². The average Bonchev–Trinajstić information content (AvgIpc) is 2.90. The molecule has 23 heavy (non-hydrogen) atoms. The molecule has 1 aliphatic heterocycles. The van der Waals surface area contributed by atoms with E-state index >= 15 is 0 Å². The number of nitrogens with zero attached hydrogens (tertiary/aromatic N) is 2. The molecule has 8 heteroatoms. The van der Waals surface area contributed by atoms with Gasteiger partial charge in [-0.1, -0.05) is 24.3 Å². The summed E-state index contributed by atoms with van der Waals surface area (Å²) in [6, 6.07) is 11.3. The van der Waals surface area contributed by atoms with Crippen LogP contribution in [0.2, 0.25) is 0 Å². The Morgan fingerprint density at radius 1 is 0.739 bits per heavy atom. The number of carbonyl (C=O) groups excluding carboxylic acids is 2. The van der Waals surface area contributed by atoms with Gasteiger partial charge in [0.1, 0.15) is 11.4 Å². The monoisotopic (exact) mass is 310 g/mol. The van der Waals surface area contributed by atoms with Gasteiger partial charge in [0.2, 0.25) is 0 Å². The molecule has 3 amide bonds. The first kappa shape index (κ1) is 14.5. The SMILES string of the molecule is O=Nc1ccc(C2(c3ccc(N=O)cc3)NC(=O)NC2=O)cc1. The highest BCUT2D eigenvalue weighted by atomic mass is 16.3. The molecule has 3 rings (SSSR count). The summed E-state index contributed by atoms with van der Waals surface area (Å²) in [6.07, 6.45) is 0. The third-order valence-corrected chi connectivity index (χ3v) is 3.68. The molecule has 0 aromatic heterocycles. The largest absolute Gasteiger partial charge is 0.322 e. The predicted molar refractivity (Wildman–Crippen MR) is 81.2 cm³/mol. The number of nitrogens with one attached hydrogen (secondary N) is 2.